The van der Waals surface area contributed by atoms with Gasteiger partial charge in [-0.1, -0.05) is 48.5 Å². The Kier molecular flexibility index (Phi) is 10.1. The van der Waals surface area contributed by atoms with E-state index in [0.717, 1.165) is 26.1 Å². The Bertz CT molecular complexity index is 1940. The van der Waals surface area contributed by atoms with E-state index < -0.39 is 97.9 Å². The van der Waals surface area contributed by atoms with Crippen molar-refractivity contribution in [1.82, 2.24) is 0 Å². The highest BCUT2D eigenvalue weighted by atomic mass is 19.4. The van der Waals surface area contributed by atoms with E-state index in [9.17, 15) is 72.5 Å². The minimum absolute atomic E-state index is 0.150. The van der Waals surface area contributed by atoms with E-state index in [4.69, 9.17) is 0 Å². The molecule has 4 rings (SSSR count). The van der Waals surface area contributed by atoms with Crippen molar-refractivity contribution < 1.29 is 72.5 Å². The van der Waals surface area contributed by atoms with Crippen LogP contribution < -0.4 is 10.6 Å². The average Bonchev–Trinajstić information content (AvgIpc) is 3.01. The molecular formula is C34H24F12N2O4. The maximum Gasteiger partial charge on any atom is 0.411 e. The fourth-order valence-corrected chi connectivity index (χ4v) is 5.82. The van der Waals surface area contributed by atoms with Gasteiger partial charge in [-0.2, -0.15) is 52.7 Å². The number of phenolic OH excluding ortho intramolecular Hbond substituents is 2. The van der Waals surface area contributed by atoms with Gasteiger partial charge in [-0.15, -0.1) is 0 Å². The summed E-state index contributed by atoms with van der Waals surface area (Å²) in [6.07, 6.45) is -24.4. The highest BCUT2D eigenvalue weighted by Gasteiger charge is 2.73. The molecule has 0 radical (unpaired) electrons. The first-order chi connectivity index (χ1) is 23.8. The number of phenols is 2. The van der Waals surface area contributed by atoms with E-state index in [1.165, 1.54) is 0 Å². The van der Waals surface area contributed by atoms with Crippen LogP contribution in [-0.2, 0) is 10.8 Å². The number of Topliss-reactive ketones (excluding diaryl/α,β-unsaturated/α-hetero) is 1. The van der Waals surface area contributed by atoms with Crippen LogP contribution in [0.15, 0.2) is 84.9 Å². The van der Waals surface area contributed by atoms with Gasteiger partial charge < -0.3 is 20.8 Å². The molecular weight excluding hydrogens is 728 g/mol. The molecule has 4 aromatic rings. The van der Waals surface area contributed by atoms with Crippen LogP contribution in [0.3, 0.4) is 0 Å². The number of ketones is 1. The zero-order valence-corrected chi connectivity index (χ0v) is 26.3. The fraction of sp³-hybridized carbons (Fsp3) is 0.235. The molecule has 278 valence electrons. The number of carbonyl (C=O) groups is 2. The van der Waals surface area contributed by atoms with Crippen LogP contribution in [0.25, 0.3) is 0 Å². The van der Waals surface area contributed by atoms with Crippen LogP contribution in [0.5, 0.6) is 11.5 Å². The summed E-state index contributed by atoms with van der Waals surface area (Å²) < 4.78 is 175. The number of rotatable bonds is 8. The zero-order chi connectivity index (χ0) is 39.2. The Balaban J connectivity index is 1.82. The van der Waals surface area contributed by atoms with Gasteiger partial charge in [0.25, 0.3) is 5.91 Å². The Labute approximate surface area is 285 Å². The Morgan fingerprint density at radius 3 is 1.19 bits per heavy atom. The summed E-state index contributed by atoms with van der Waals surface area (Å²) in [5, 5.41) is 24.3. The van der Waals surface area contributed by atoms with E-state index in [1.54, 1.807) is 0 Å². The predicted molar refractivity (Wildman–Crippen MR) is 162 cm³/mol. The molecule has 0 aliphatic rings. The topological polar surface area (TPSA) is 98.7 Å². The number of halogens is 12. The lowest BCUT2D eigenvalue weighted by molar-refractivity contribution is -0.290. The molecule has 1 amide bonds. The summed E-state index contributed by atoms with van der Waals surface area (Å²) in [5.74, 6) is -3.85. The van der Waals surface area contributed by atoms with E-state index >= 15 is 0 Å². The molecule has 0 saturated carbocycles. The van der Waals surface area contributed by atoms with Crippen LogP contribution in [0.1, 0.15) is 49.9 Å². The molecule has 4 aromatic carbocycles. The van der Waals surface area contributed by atoms with Crippen molar-refractivity contribution in [3.63, 3.8) is 0 Å². The molecule has 0 spiro atoms. The average molecular weight is 753 g/mol. The van der Waals surface area contributed by atoms with Gasteiger partial charge in [-0.25, -0.2) is 0 Å². The Morgan fingerprint density at radius 2 is 0.827 bits per heavy atom. The standard InChI is InChI=1S/C34H24F12N2O4/c1-17(49)18-3-7-20(8-4-18)29(31(35,36)37,32(38,39)40)21-9-5-19(6-10-21)28(52)48-25-16-23(12-14-27(25)51)30(33(41,42)43,34(44,45)46)22-11-13-26(50)24(15-22)47-2/h3-16,47,50-51H,1-2H3,(H,48,52). The highest BCUT2D eigenvalue weighted by Crippen LogP contribution is 2.58. The number of anilines is 2. The summed E-state index contributed by atoms with van der Waals surface area (Å²) in [5.41, 5.74) is -17.7. The van der Waals surface area contributed by atoms with Crippen molar-refractivity contribution in [2.24, 2.45) is 0 Å². The second-order valence-electron chi connectivity index (χ2n) is 11.4. The lowest BCUT2D eigenvalue weighted by atomic mass is 9.72. The normalized spacial score (nSPS) is 13.1. The summed E-state index contributed by atoms with van der Waals surface area (Å²) in [7, 11) is 1.11. The quantitative estimate of drug-likeness (QED) is 0.0817. The molecule has 0 saturated heterocycles. The smallest absolute Gasteiger partial charge is 0.411 e. The second-order valence-corrected chi connectivity index (χ2v) is 11.4. The molecule has 0 bridgehead atoms. The molecule has 4 N–H and O–H groups in total. The molecule has 0 aromatic heterocycles. The minimum Gasteiger partial charge on any atom is -0.506 e. The predicted octanol–water partition coefficient (Wildman–Crippen LogP) is 9.42. The lowest BCUT2D eigenvalue weighted by Gasteiger charge is -2.38. The van der Waals surface area contributed by atoms with E-state index in [0.29, 0.717) is 60.7 Å². The first kappa shape index (κ1) is 39.4. The third-order valence-corrected chi connectivity index (χ3v) is 8.38. The monoisotopic (exact) mass is 752 g/mol. The van der Waals surface area contributed by atoms with Crippen molar-refractivity contribution >= 4 is 23.1 Å². The molecule has 6 nitrogen and oxygen atoms in total. The SMILES string of the molecule is CNc1cc(C(c2ccc(O)c(NC(=O)c3ccc(C(c4ccc(C(C)=O)cc4)(C(F)(F)F)C(F)(F)F)cc3)c2)(C(F)(F)F)C(F)(F)F)ccc1O. The number of carbonyl (C=O) groups excluding carboxylic acids is 2. The van der Waals surface area contributed by atoms with Crippen molar-refractivity contribution in [2.45, 2.75) is 42.5 Å². The van der Waals surface area contributed by atoms with Crippen molar-refractivity contribution in [1.29, 1.82) is 0 Å². The number of benzene rings is 4. The van der Waals surface area contributed by atoms with Gasteiger partial charge in [0.1, 0.15) is 11.5 Å². The highest BCUT2D eigenvalue weighted by molar-refractivity contribution is 6.05. The molecule has 0 aliphatic heterocycles. The third-order valence-electron chi connectivity index (χ3n) is 8.38. The van der Waals surface area contributed by atoms with Crippen LogP contribution in [0.2, 0.25) is 0 Å². The number of alkyl halides is 12. The molecule has 0 atom stereocenters. The van der Waals surface area contributed by atoms with Gasteiger partial charge in [0, 0.05) is 18.2 Å². The Hall–Kier alpha value is -5.42. The molecule has 0 aliphatic carbocycles. The van der Waals surface area contributed by atoms with Crippen LogP contribution in [0, 0.1) is 0 Å². The summed E-state index contributed by atoms with van der Waals surface area (Å²) in [4.78, 5) is 24.6. The zero-order valence-electron chi connectivity index (χ0n) is 26.3. The maximum absolute atomic E-state index is 14.7. The second kappa shape index (κ2) is 13.3. The number of aromatic hydroxyl groups is 2. The van der Waals surface area contributed by atoms with E-state index in [-0.39, 0.29) is 17.7 Å². The number of hydrogen-bond acceptors (Lipinski definition) is 5. The van der Waals surface area contributed by atoms with E-state index in [2.05, 4.69) is 5.32 Å². The summed E-state index contributed by atoms with van der Waals surface area (Å²) in [6, 6.07) is 6.21. The van der Waals surface area contributed by atoms with Crippen molar-refractivity contribution in [3.8, 4) is 11.5 Å². The number of hydrogen-bond donors (Lipinski definition) is 4. The fourth-order valence-electron chi connectivity index (χ4n) is 5.82. The lowest BCUT2D eigenvalue weighted by Crippen LogP contribution is -2.54. The van der Waals surface area contributed by atoms with Crippen LogP contribution >= 0.6 is 0 Å². The van der Waals surface area contributed by atoms with Crippen LogP contribution in [-0.4, -0.2) is 53.7 Å². The third kappa shape index (κ3) is 6.45. The minimum atomic E-state index is -6.14. The molecule has 0 unspecified atom stereocenters. The van der Waals surface area contributed by atoms with Crippen LogP contribution in [0.4, 0.5) is 64.1 Å². The first-order valence-corrected chi connectivity index (χ1v) is 14.5. The van der Waals surface area contributed by atoms with Gasteiger partial charge in [0.05, 0.1) is 11.4 Å². The summed E-state index contributed by atoms with van der Waals surface area (Å²) in [6.45, 7) is 1.04. The van der Waals surface area contributed by atoms with Gasteiger partial charge in [0.2, 0.25) is 10.8 Å². The molecule has 18 heteroatoms. The number of amides is 1. The Morgan fingerprint density at radius 1 is 0.500 bits per heavy atom. The van der Waals surface area contributed by atoms with E-state index in [1.807, 2.05) is 5.32 Å². The largest absolute Gasteiger partial charge is 0.506 e. The number of nitrogens with one attached hydrogen (secondary N) is 2. The van der Waals surface area contributed by atoms with Crippen molar-refractivity contribution in [2.75, 3.05) is 17.7 Å². The molecule has 0 fully saturated rings. The van der Waals surface area contributed by atoms with Gasteiger partial charge in [-0.3, -0.25) is 9.59 Å². The maximum atomic E-state index is 14.7. The van der Waals surface area contributed by atoms with Crippen molar-refractivity contribution in [3.05, 3.63) is 118 Å². The summed E-state index contributed by atoms with van der Waals surface area (Å²) >= 11 is 0. The molecule has 52 heavy (non-hydrogen) atoms. The molecule has 0 heterocycles. The van der Waals surface area contributed by atoms with Gasteiger partial charge >= 0.3 is 24.7 Å². The van der Waals surface area contributed by atoms with Gasteiger partial charge in [0.15, 0.2) is 5.78 Å². The van der Waals surface area contributed by atoms with Gasteiger partial charge in [-0.05, 0) is 65.6 Å². The first-order valence-electron chi connectivity index (χ1n) is 14.5.